The van der Waals surface area contributed by atoms with E-state index in [-0.39, 0.29) is 12.0 Å². The summed E-state index contributed by atoms with van der Waals surface area (Å²) in [5, 5.41) is 4.28. The molecular weight excluding hydrogens is 587 g/mol. The number of esters is 1. The molecule has 1 aliphatic rings. The monoisotopic (exact) mass is 604 g/mol. The van der Waals surface area contributed by atoms with Gasteiger partial charge in [-0.25, -0.2) is 0 Å². The maximum atomic E-state index is 11.1. The van der Waals surface area contributed by atoms with Crippen LogP contribution in [-0.4, -0.2) is 22.9 Å². The van der Waals surface area contributed by atoms with E-state index in [1.165, 1.54) is 12.8 Å². The van der Waals surface area contributed by atoms with Gasteiger partial charge in [0.15, 0.2) is 0 Å². The third-order valence-electron chi connectivity index (χ3n) is 3.06. The van der Waals surface area contributed by atoms with Crippen LogP contribution in [0, 0.1) is 0 Å². The number of aryl methyl sites for hydroxylation is 1. The van der Waals surface area contributed by atoms with E-state index in [9.17, 15) is 4.79 Å². The van der Waals surface area contributed by atoms with Gasteiger partial charge in [-0.3, -0.25) is 9.48 Å². The van der Waals surface area contributed by atoms with Crippen LogP contribution >= 0.6 is 37.2 Å². The molecule has 0 bridgehead atoms. The molecule has 0 fully saturated rings. The quantitative estimate of drug-likeness (QED) is 0.376. The normalized spacial score (nSPS) is 17.4. The molecule has 5 nitrogen and oxygen atoms in total. The molecule has 1 atom stereocenters. The molecule has 0 spiro atoms. The van der Waals surface area contributed by atoms with Gasteiger partial charge in [-0.2, -0.15) is 5.10 Å². The molecule has 110 valence electrons. The van der Waals surface area contributed by atoms with E-state index in [1.807, 2.05) is 10.9 Å². The van der Waals surface area contributed by atoms with E-state index in [0.29, 0.717) is 26.2 Å². The first-order valence-electron chi connectivity index (χ1n) is 5.88. The van der Waals surface area contributed by atoms with Gasteiger partial charge in [-0.15, -0.1) is 0 Å². The van der Waals surface area contributed by atoms with Crippen molar-refractivity contribution in [2.75, 3.05) is 7.11 Å². The van der Waals surface area contributed by atoms with Crippen molar-refractivity contribution in [1.82, 2.24) is 9.78 Å². The summed E-state index contributed by atoms with van der Waals surface area (Å²) in [6, 6.07) is 0.107. The maximum absolute atomic E-state index is 11.1. The first-order chi connectivity index (χ1) is 9.13. The van der Waals surface area contributed by atoms with Crippen molar-refractivity contribution in [3.63, 3.8) is 0 Å². The molecule has 1 aliphatic carbocycles. The molecule has 8 heteroatoms. The predicted octanol–water partition coefficient (Wildman–Crippen LogP) is -0.442. The summed E-state index contributed by atoms with van der Waals surface area (Å²) < 4.78 is 6.49. The van der Waals surface area contributed by atoms with Gasteiger partial charge >= 0.3 is 56.5 Å². The number of carbonyl (C=O) groups excluding carboxylic acids is 1. The molecule has 2 rings (SSSR count). The second-order valence-corrected chi connectivity index (χ2v) is 20.4. The Bertz CT molecular complexity index is 412. The zero-order valence-corrected chi connectivity index (χ0v) is 17.1. The molecule has 2 N–H and O–H groups in total. The number of nitrogens with zero attached hydrogens (tertiary/aromatic N) is 2. The van der Waals surface area contributed by atoms with E-state index >= 15 is 0 Å². The molecule has 1 aromatic rings. The Labute approximate surface area is 143 Å². The zero-order valence-electron chi connectivity index (χ0n) is 10.6. The van der Waals surface area contributed by atoms with E-state index < -0.39 is 0 Å². The van der Waals surface area contributed by atoms with Gasteiger partial charge in [0.05, 0.1) is 26.3 Å². The standard InChI is InChI=1S/C11H17N3O2.I3/c1-16-11(15)5-6-14-10-4-2-3-9(12)8(10)7-13-14;1-3-2/h7,9H,2-6,12H2,1H3;/q;-1/t9-;/m1./s1. The second kappa shape index (κ2) is 9.71. The summed E-state index contributed by atoms with van der Waals surface area (Å²) in [5.41, 5.74) is 8.32. The van der Waals surface area contributed by atoms with Gasteiger partial charge in [-0.1, -0.05) is 0 Å². The summed E-state index contributed by atoms with van der Waals surface area (Å²) in [6.45, 7) is 0.578. The molecule has 1 heterocycles. The number of hydrogen-bond acceptors (Lipinski definition) is 4. The van der Waals surface area contributed by atoms with Crippen LogP contribution in [-0.2, 0) is 22.5 Å². The summed E-state index contributed by atoms with van der Waals surface area (Å²) >= 11 is 5.30. The Balaban J connectivity index is 0.000000550. The summed E-state index contributed by atoms with van der Waals surface area (Å²) in [4.78, 5) is 11.1. The third kappa shape index (κ3) is 5.61. The second-order valence-electron chi connectivity index (χ2n) is 4.15. The number of methoxy groups -OCH3 is 1. The predicted molar refractivity (Wildman–Crippen MR) is 86.8 cm³/mol. The number of hydrogen-bond donors (Lipinski definition) is 1. The van der Waals surface area contributed by atoms with E-state index in [4.69, 9.17) is 5.73 Å². The van der Waals surface area contributed by atoms with Crippen LogP contribution in [0.1, 0.15) is 36.6 Å². The number of halogens is 3. The first kappa shape index (κ1) is 17.9. The van der Waals surface area contributed by atoms with Crippen LogP contribution in [0.2, 0.25) is 0 Å². The Kier molecular flexibility index (Phi) is 9.14. The van der Waals surface area contributed by atoms with Gasteiger partial charge in [0.1, 0.15) is 0 Å². The van der Waals surface area contributed by atoms with Crippen molar-refractivity contribution in [2.24, 2.45) is 5.73 Å². The molecule has 0 saturated carbocycles. The summed E-state index contributed by atoms with van der Waals surface area (Å²) in [6.07, 6.45) is 5.31. The number of ether oxygens (including phenoxy) is 1. The minimum absolute atomic E-state index is 0.107. The van der Waals surface area contributed by atoms with E-state index in [2.05, 4.69) is 47.1 Å². The Morgan fingerprint density at radius 2 is 2.37 bits per heavy atom. The van der Waals surface area contributed by atoms with Crippen molar-refractivity contribution >= 4 is 43.2 Å². The molecule has 0 unspecified atom stereocenters. The topological polar surface area (TPSA) is 70.1 Å². The molecule has 0 amide bonds. The van der Waals surface area contributed by atoms with Crippen molar-refractivity contribution in [2.45, 2.75) is 38.3 Å². The van der Waals surface area contributed by atoms with Crippen LogP contribution < -0.4 is 19.0 Å². The van der Waals surface area contributed by atoms with E-state index in [0.717, 1.165) is 24.8 Å². The number of nitrogens with two attached hydrogens (primary N) is 1. The number of aromatic nitrogens is 2. The summed E-state index contributed by atoms with van der Waals surface area (Å²) in [5.74, 6) is -0.204. The zero-order chi connectivity index (χ0) is 14.3. The van der Waals surface area contributed by atoms with Gasteiger partial charge < -0.3 is 10.5 Å². The molecule has 19 heavy (non-hydrogen) atoms. The van der Waals surface area contributed by atoms with E-state index in [1.54, 1.807) is 0 Å². The fourth-order valence-electron chi connectivity index (χ4n) is 2.15. The van der Waals surface area contributed by atoms with Crippen LogP contribution in [0.5, 0.6) is 0 Å². The average molecular weight is 604 g/mol. The van der Waals surface area contributed by atoms with Gasteiger partial charge in [0.2, 0.25) is 0 Å². The molecule has 0 aromatic carbocycles. The van der Waals surface area contributed by atoms with Crippen LogP contribution in [0.15, 0.2) is 6.20 Å². The fraction of sp³-hybridized carbons (Fsp3) is 0.636. The Morgan fingerprint density at radius 1 is 1.68 bits per heavy atom. The van der Waals surface area contributed by atoms with Crippen molar-refractivity contribution in [3.8, 4) is 0 Å². The van der Waals surface area contributed by atoms with Crippen molar-refractivity contribution < 1.29 is 22.8 Å². The minimum atomic E-state index is -0.204. The number of fused-ring (bicyclic) bond motifs is 1. The van der Waals surface area contributed by atoms with Gasteiger partial charge in [-0.05, 0) is 19.3 Å². The Morgan fingerprint density at radius 3 is 3.00 bits per heavy atom. The van der Waals surface area contributed by atoms with Crippen molar-refractivity contribution in [3.05, 3.63) is 17.5 Å². The fourth-order valence-corrected chi connectivity index (χ4v) is 2.15. The molecule has 0 radical (unpaired) electrons. The number of carbonyl (C=O) groups is 1. The molecular formula is C11H17I3N3O2-. The van der Waals surface area contributed by atoms with Crippen LogP contribution in [0.4, 0.5) is 0 Å². The summed E-state index contributed by atoms with van der Waals surface area (Å²) in [7, 11) is 1.40. The molecule has 0 aliphatic heterocycles. The van der Waals surface area contributed by atoms with Crippen molar-refractivity contribution in [1.29, 1.82) is 0 Å². The average Bonchev–Trinajstić information content (AvgIpc) is 2.81. The molecule has 1 aromatic heterocycles. The van der Waals surface area contributed by atoms with Crippen LogP contribution in [0.3, 0.4) is 0 Å². The third-order valence-corrected chi connectivity index (χ3v) is 3.06. The van der Waals surface area contributed by atoms with Gasteiger partial charge in [0, 0.05) is 17.3 Å². The Hall–Kier alpha value is 0.830. The first-order valence-corrected chi connectivity index (χ1v) is 18.4. The molecule has 0 saturated heterocycles. The van der Waals surface area contributed by atoms with Gasteiger partial charge in [0.25, 0.3) is 0 Å². The van der Waals surface area contributed by atoms with Crippen LogP contribution in [0.25, 0.3) is 0 Å². The number of rotatable bonds is 3. The SMILES string of the molecule is COC(=O)CCn1ncc2c1CCC[C@H]2N.I[I-]I.